The Morgan fingerprint density at radius 2 is 1.56 bits per heavy atom. The Labute approximate surface area is 245 Å². The van der Waals surface area contributed by atoms with Crippen molar-refractivity contribution in [2.75, 3.05) is 0 Å². The van der Waals surface area contributed by atoms with Crippen LogP contribution in [-0.2, 0) is 9.47 Å². The number of nitrogens with zero attached hydrogens (tertiary/aromatic N) is 1. The van der Waals surface area contributed by atoms with Crippen molar-refractivity contribution < 1.29 is 42.8 Å². The number of aromatic nitrogens is 1. The van der Waals surface area contributed by atoms with Gasteiger partial charge in [-0.1, -0.05) is 36.4 Å². The molecule has 1 N–H and O–H groups in total. The quantitative estimate of drug-likeness (QED) is 0.235. The molecule has 1 aliphatic carbocycles. The Bertz CT molecular complexity index is 1660. The minimum atomic E-state index is -1.40. The highest BCUT2D eigenvalue weighted by molar-refractivity contribution is 5.65. The molecule has 2 aromatic heterocycles. The first-order valence-electron chi connectivity index (χ1n) is 13.6. The van der Waals surface area contributed by atoms with Gasteiger partial charge in [-0.05, 0) is 49.7 Å². The van der Waals surface area contributed by atoms with Gasteiger partial charge >= 0.3 is 17.9 Å². The van der Waals surface area contributed by atoms with Crippen LogP contribution in [0.2, 0.25) is 0 Å². The van der Waals surface area contributed by atoms with Crippen LogP contribution in [0.15, 0.2) is 100 Å². The molecule has 11 heteroatoms. The Balaban J connectivity index is 1.31. The van der Waals surface area contributed by atoms with E-state index in [1.165, 1.54) is 12.3 Å². The average Bonchev–Trinajstić information content (AvgIpc) is 2.99. The number of para-hydroxylation sites is 2. The Hall–Kier alpha value is -5.16. The first kappa shape index (κ1) is 28.0. The molecule has 3 heterocycles. The lowest BCUT2D eigenvalue weighted by Crippen LogP contribution is -2.62. The van der Waals surface area contributed by atoms with Gasteiger partial charge in [0.05, 0.1) is 6.10 Å². The molecule has 43 heavy (non-hydrogen) atoms. The standard InChI is InChI=1S/C32H27NO10/c1-32-23(28(34)27-25(43-32)17-24(41-29(27)35)19-9-8-14-33-18-19)15-22(40-30(36)38-20-10-4-2-5-11-20)16-26(32)42-31(37)39-21-12-6-3-7-13-21/h2-14,17-18,22-23,26,28,34H,15-16H2,1H3/t22-,23-,26-,28-,32-/m1/s1. The van der Waals surface area contributed by atoms with Gasteiger partial charge in [0.15, 0.2) is 0 Å². The molecular formula is C32H27NO10. The summed E-state index contributed by atoms with van der Waals surface area (Å²) in [5.74, 6) is -0.0470. The molecule has 0 bridgehead atoms. The molecule has 5 atom stereocenters. The largest absolute Gasteiger partial charge is 0.514 e. The number of fused-ring (bicyclic) bond motifs is 2. The zero-order valence-electron chi connectivity index (χ0n) is 23.0. The molecule has 0 amide bonds. The van der Waals surface area contributed by atoms with Crippen molar-refractivity contribution in [3.05, 3.63) is 107 Å². The molecule has 0 radical (unpaired) electrons. The number of aliphatic hydroxyl groups is 1. The maximum atomic E-state index is 13.1. The third-order valence-electron chi connectivity index (χ3n) is 7.66. The van der Waals surface area contributed by atoms with Crippen LogP contribution in [0.4, 0.5) is 9.59 Å². The lowest BCUT2D eigenvalue weighted by Gasteiger charge is -2.51. The van der Waals surface area contributed by atoms with Crippen LogP contribution < -0.4 is 19.8 Å². The third-order valence-corrected chi connectivity index (χ3v) is 7.66. The maximum Gasteiger partial charge on any atom is 0.514 e. The number of carbonyl (C=O) groups excluding carboxylic acids is 2. The molecule has 1 fully saturated rings. The number of hydrogen-bond donors (Lipinski definition) is 1. The van der Waals surface area contributed by atoms with Gasteiger partial charge < -0.3 is 33.2 Å². The number of ether oxygens (including phenoxy) is 5. The van der Waals surface area contributed by atoms with Crippen LogP contribution >= 0.6 is 0 Å². The second-order valence-electron chi connectivity index (χ2n) is 10.4. The van der Waals surface area contributed by atoms with Gasteiger partial charge in [-0.3, -0.25) is 4.98 Å². The van der Waals surface area contributed by atoms with Gasteiger partial charge in [-0.15, -0.1) is 0 Å². The SMILES string of the molecule is C[C@@]12Oc3cc(-c4cccnc4)oc(=O)c3[C@H](O)[C@H]1C[C@@H](OC(=O)Oc1ccccc1)C[C@H]2OC(=O)Oc1ccccc1. The second-order valence-corrected chi connectivity index (χ2v) is 10.4. The van der Waals surface area contributed by atoms with Gasteiger partial charge in [0.25, 0.3) is 0 Å². The third kappa shape index (κ3) is 5.80. The highest BCUT2D eigenvalue weighted by atomic mass is 16.7. The monoisotopic (exact) mass is 585 g/mol. The summed E-state index contributed by atoms with van der Waals surface area (Å²) in [6, 6.07) is 21.6. The molecule has 4 aromatic rings. The second kappa shape index (κ2) is 11.6. The molecule has 1 saturated carbocycles. The van der Waals surface area contributed by atoms with Gasteiger partial charge in [0, 0.05) is 36.4 Å². The highest BCUT2D eigenvalue weighted by Gasteiger charge is 2.58. The van der Waals surface area contributed by atoms with Gasteiger partial charge in [-0.25, -0.2) is 14.4 Å². The van der Waals surface area contributed by atoms with E-state index in [4.69, 9.17) is 28.1 Å². The van der Waals surface area contributed by atoms with E-state index in [9.17, 15) is 19.5 Å². The molecule has 11 nitrogen and oxygen atoms in total. The van der Waals surface area contributed by atoms with E-state index in [2.05, 4.69) is 4.98 Å². The first-order valence-corrected chi connectivity index (χ1v) is 13.6. The summed E-state index contributed by atoms with van der Waals surface area (Å²) in [5.41, 5.74) is -1.71. The number of rotatable bonds is 5. The van der Waals surface area contributed by atoms with E-state index >= 15 is 0 Å². The molecule has 0 unspecified atom stereocenters. The van der Waals surface area contributed by atoms with Crippen molar-refractivity contribution in [2.45, 2.75) is 43.7 Å². The topological polar surface area (TPSA) is 144 Å². The number of hydrogen-bond acceptors (Lipinski definition) is 11. The van der Waals surface area contributed by atoms with Crippen LogP contribution in [0.1, 0.15) is 31.4 Å². The molecule has 6 rings (SSSR count). The zero-order valence-corrected chi connectivity index (χ0v) is 23.0. The summed E-state index contributed by atoms with van der Waals surface area (Å²) in [5, 5.41) is 11.5. The predicted octanol–water partition coefficient (Wildman–Crippen LogP) is 5.46. The van der Waals surface area contributed by atoms with Crippen LogP contribution in [-0.4, -0.2) is 40.2 Å². The number of benzene rings is 2. The van der Waals surface area contributed by atoms with Crippen molar-refractivity contribution in [2.24, 2.45) is 5.92 Å². The summed E-state index contributed by atoms with van der Waals surface area (Å²) in [4.78, 5) is 42.8. The number of carbonyl (C=O) groups is 2. The van der Waals surface area contributed by atoms with Gasteiger partial charge in [-0.2, -0.15) is 0 Å². The fourth-order valence-corrected chi connectivity index (χ4v) is 5.56. The highest BCUT2D eigenvalue weighted by Crippen LogP contribution is 2.51. The number of pyridine rings is 1. The van der Waals surface area contributed by atoms with Crippen LogP contribution in [0.5, 0.6) is 17.2 Å². The summed E-state index contributed by atoms with van der Waals surface area (Å²) in [6.45, 7) is 1.67. The summed E-state index contributed by atoms with van der Waals surface area (Å²) >= 11 is 0. The lowest BCUT2D eigenvalue weighted by molar-refractivity contribution is -0.180. The zero-order chi connectivity index (χ0) is 30.0. The molecule has 2 aromatic carbocycles. The van der Waals surface area contributed by atoms with Crippen LogP contribution in [0.3, 0.4) is 0 Å². The maximum absolute atomic E-state index is 13.1. The van der Waals surface area contributed by atoms with E-state index in [-0.39, 0.29) is 41.4 Å². The first-order chi connectivity index (χ1) is 20.8. The Kier molecular flexibility index (Phi) is 7.56. The summed E-state index contributed by atoms with van der Waals surface area (Å²) in [7, 11) is 0. The van der Waals surface area contributed by atoms with Gasteiger partial charge in [0.1, 0.15) is 46.4 Å². The van der Waals surface area contributed by atoms with Crippen molar-refractivity contribution in [1.29, 1.82) is 0 Å². The van der Waals surface area contributed by atoms with Crippen molar-refractivity contribution in [3.63, 3.8) is 0 Å². The van der Waals surface area contributed by atoms with Crippen molar-refractivity contribution >= 4 is 12.3 Å². The van der Waals surface area contributed by atoms with Crippen molar-refractivity contribution in [1.82, 2.24) is 4.98 Å². The smallest absolute Gasteiger partial charge is 0.482 e. The predicted molar refractivity (Wildman–Crippen MR) is 150 cm³/mol. The van der Waals surface area contributed by atoms with Crippen LogP contribution in [0.25, 0.3) is 11.3 Å². The Morgan fingerprint density at radius 1 is 0.907 bits per heavy atom. The molecule has 220 valence electrons. The molecule has 1 aliphatic heterocycles. The number of aliphatic hydroxyl groups excluding tert-OH is 1. The van der Waals surface area contributed by atoms with E-state index in [1.54, 1.807) is 85.9 Å². The van der Waals surface area contributed by atoms with E-state index < -0.39 is 47.8 Å². The lowest BCUT2D eigenvalue weighted by atomic mass is 9.68. The van der Waals surface area contributed by atoms with E-state index in [0.29, 0.717) is 5.56 Å². The fraction of sp³-hybridized carbons (Fsp3) is 0.250. The fourth-order valence-electron chi connectivity index (χ4n) is 5.56. The van der Waals surface area contributed by atoms with Crippen molar-refractivity contribution in [3.8, 4) is 28.6 Å². The molecule has 0 spiro atoms. The average molecular weight is 586 g/mol. The molecule has 2 aliphatic rings. The Morgan fingerprint density at radius 3 is 2.19 bits per heavy atom. The van der Waals surface area contributed by atoms with E-state index in [0.717, 1.165) is 0 Å². The summed E-state index contributed by atoms with van der Waals surface area (Å²) < 4.78 is 33.9. The van der Waals surface area contributed by atoms with E-state index in [1.807, 2.05) is 0 Å². The van der Waals surface area contributed by atoms with Gasteiger partial charge in [0.2, 0.25) is 0 Å². The minimum Gasteiger partial charge on any atom is -0.482 e. The van der Waals surface area contributed by atoms with Crippen LogP contribution in [0, 0.1) is 5.92 Å². The molecular weight excluding hydrogens is 558 g/mol. The molecule has 0 saturated heterocycles. The minimum absolute atomic E-state index is 0.000262. The normalized spacial score (nSPS) is 24.0. The summed E-state index contributed by atoms with van der Waals surface area (Å²) in [6.07, 6.45) is -2.16.